The molecule has 1 aromatic heterocycles. The average Bonchev–Trinajstić information content (AvgIpc) is 2.04. The van der Waals surface area contributed by atoms with Crippen LogP contribution in [0.3, 0.4) is 0 Å². The van der Waals surface area contributed by atoms with Crippen molar-refractivity contribution in [1.82, 2.24) is 4.98 Å². The minimum atomic E-state index is -4.75. The fourth-order valence-corrected chi connectivity index (χ4v) is 1.21. The van der Waals surface area contributed by atoms with Crippen LogP contribution in [0, 0.1) is 10.5 Å². The Morgan fingerprint density at radius 1 is 1.50 bits per heavy atom. The summed E-state index contributed by atoms with van der Waals surface area (Å²) in [4.78, 5) is 3.71. The summed E-state index contributed by atoms with van der Waals surface area (Å²) in [6.07, 6.45) is -3.36. The molecule has 0 radical (unpaired) electrons. The van der Waals surface area contributed by atoms with E-state index in [1.54, 1.807) is 22.6 Å². The summed E-state index contributed by atoms with van der Waals surface area (Å²) in [6.45, 7) is 1.40. The molecule has 0 spiro atoms. The van der Waals surface area contributed by atoms with Crippen LogP contribution in [0.15, 0.2) is 6.20 Å². The molecule has 1 aromatic rings. The van der Waals surface area contributed by atoms with Crippen LogP contribution in [0.4, 0.5) is 18.9 Å². The highest BCUT2D eigenvalue weighted by Gasteiger charge is 2.33. The van der Waals surface area contributed by atoms with E-state index in [0.717, 1.165) is 0 Å². The van der Waals surface area contributed by atoms with E-state index in [-0.39, 0.29) is 11.4 Å². The van der Waals surface area contributed by atoms with Crippen molar-refractivity contribution in [2.45, 2.75) is 13.3 Å². The third-order valence-electron chi connectivity index (χ3n) is 1.42. The van der Waals surface area contributed by atoms with Crippen molar-refractivity contribution in [1.29, 1.82) is 0 Å². The molecule has 0 aliphatic carbocycles. The van der Waals surface area contributed by atoms with Gasteiger partial charge in [0.2, 0.25) is 0 Å². The molecular formula is C7H6F3IN2O. The predicted octanol–water partition coefficient (Wildman–Crippen LogP) is 2.48. The Morgan fingerprint density at radius 3 is 2.57 bits per heavy atom. The lowest BCUT2D eigenvalue weighted by Crippen LogP contribution is -2.19. The highest BCUT2D eigenvalue weighted by molar-refractivity contribution is 14.1. The molecule has 0 amide bonds. The Morgan fingerprint density at radius 2 is 2.07 bits per heavy atom. The third kappa shape index (κ3) is 2.63. The molecule has 0 bridgehead atoms. The number of hydrogen-bond acceptors (Lipinski definition) is 3. The number of pyridine rings is 1. The van der Waals surface area contributed by atoms with Gasteiger partial charge in [-0.05, 0) is 29.5 Å². The van der Waals surface area contributed by atoms with Crippen molar-refractivity contribution in [3.8, 4) is 5.75 Å². The number of nitrogens with zero attached hydrogens (tertiary/aromatic N) is 1. The van der Waals surface area contributed by atoms with E-state index in [2.05, 4.69) is 9.72 Å². The van der Waals surface area contributed by atoms with Crippen molar-refractivity contribution in [2.75, 3.05) is 5.73 Å². The minimum absolute atomic E-state index is 0.0459. The van der Waals surface area contributed by atoms with Crippen molar-refractivity contribution < 1.29 is 17.9 Å². The first-order valence-corrected chi connectivity index (χ1v) is 4.55. The van der Waals surface area contributed by atoms with Gasteiger partial charge in [-0.2, -0.15) is 0 Å². The first kappa shape index (κ1) is 11.3. The van der Waals surface area contributed by atoms with Gasteiger partial charge in [0.1, 0.15) is 0 Å². The monoisotopic (exact) mass is 318 g/mol. The van der Waals surface area contributed by atoms with Crippen LogP contribution < -0.4 is 10.5 Å². The molecule has 0 fully saturated rings. The molecule has 0 unspecified atom stereocenters. The summed E-state index contributed by atoms with van der Waals surface area (Å²) in [7, 11) is 0. The molecule has 3 nitrogen and oxygen atoms in total. The molecule has 14 heavy (non-hydrogen) atoms. The molecular weight excluding hydrogens is 312 g/mol. The normalized spacial score (nSPS) is 11.5. The van der Waals surface area contributed by atoms with Crippen molar-refractivity contribution in [3.63, 3.8) is 0 Å². The maximum Gasteiger partial charge on any atom is 0.573 e. The van der Waals surface area contributed by atoms with Gasteiger partial charge in [-0.3, -0.25) is 4.98 Å². The Kier molecular flexibility index (Phi) is 3.07. The van der Waals surface area contributed by atoms with Gasteiger partial charge >= 0.3 is 6.36 Å². The Labute approximate surface area is 91.6 Å². The van der Waals surface area contributed by atoms with Crippen molar-refractivity contribution in [3.05, 3.63) is 15.5 Å². The van der Waals surface area contributed by atoms with Crippen molar-refractivity contribution >= 4 is 28.3 Å². The SMILES string of the molecule is Cc1ncc(I)c(N)c1OC(F)(F)F. The Hall–Kier alpha value is -0.730. The number of halogens is 4. The van der Waals surface area contributed by atoms with E-state index in [1.807, 2.05) is 0 Å². The summed E-state index contributed by atoms with van der Waals surface area (Å²) in [5.41, 5.74) is 5.48. The van der Waals surface area contributed by atoms with Crippen LogP contribution in [0.5, 0.6) is 5.75 Å². The number of aryl methyl sites for hydroxylation is 1. The van der Waals surface area contributed by atoms with Gasteiger partial charge in [0.05, 0.1) is 15.0 Å². The summed E-state index contributed by atoms with van der Waals surface area (Å²) >= 11 is 1.78. The highest BCUT2D eigenvalue weighted by atomic mass is 127. The number of alkyl halides is 3. The molecule has 2 N–H and O–H groups in total. The van der Waals surface area contributed by atoms with Gasteiger partial charge in [0, 0.05) is 6.20 Å². The number of ether oxygens (including phenoxy) is 1. The summed E-state index contributed by atoms with van der Waals surface area (Å²) in [5.74, 6) is -0.426. The van der Waals surface area contributed by atoms with E-state index >= 15 is 0 Å². The second-order valence-electron chi connectivity index (χ2n) is 2.48. The lowest BCUT2D eigenvalue weighted by molar-refractivity contribution is -0.274. The lowest BCUT2D eigenvalue weighted by atomic mass is 10.3. The predicted molar refractivity (Wildman–Crippen MR) is 52.8 cm³/mol. The van der Waals surface area contributed by atoms with Crippen molar-refractivity contribution in [2.24, 2.45) is 0 Å². The average molecular weight is 318 g/mol. The van der Waals surface area contributed by atoms with E-state index < -0.39 is 12.1 Å². The van der Waals surface area contributed by atoms with E-state index in [9.17, 15) is 13.2 Å². The number of anilines is 1. The summed E-state index contributed by atoms with van der Waals surface area (Å²) in [5, 5.41) is 0. The molecule has 1 heterocycles. The van der Waals surface area contributed by atoms with E-state index in [4.69, 9.17) is 5.73 Å². The number of nitrogen functional groups attached to an aromatic ring is 1. The molecule has 0 saturated carbocycles. The molecule has 7 heteroatoms. The second-order valence-corrected chi connectivity index (χ2v) is 3.64. The van der Waals surface area contributed by atoms with Gasteiger partial charge in [-0.15, -0.1) is 13.2 Å². The number of hydrogen-bond donors (Lipinski definition) is 1. The van der Waals surface area contributed by atoms with Gasteiger partial charge in [0.15, 0.2) is 5.75 Å². The fourth-order valence-electron chi connectivity index (χ4n) is 0.830. The van der Waals surface area contributed by atoms with Gasteiger partial charge < -0.3 is 10.5 Å². The number of aromatic nitrogens is 1. The molecule has 0 aliphatic rings. The summed E-state index contributed by atoms with van der Waals surface area (Å²) in [6, 6.07) is 0. The Balaban J connectivity index is 3.13. The lowest BCUT2D eigenvalue weighted by Gasteiger charge is -2.13. The third-order valence-corrected chi connectivity index (χ3v) is 2.28. The molecule has 1 rings (SSSR count). The molecule has 78 valence electrons. The topological polar surface area (TPSA) is 48.1 Å². The van der Waals surface area contributed by atoms with Crippen LogP contribution in [-0.2, 0) is 0 Å². The molecule has 0 aliphatic heterocycles. The zero-order chi connectivity index (χ0) is 10.9. The van der Waals surface area contributed by atoms with Crippen LogP contribution >= 0.6 is 22.6 Å². The fraction of sp³-hybridized carbons (Fsp3) is 0.286. The minimum Gasteiger partial charge on any atom is -0.402 e. The zero-order valence-corrected chi connectivity index (χ0v) is 9.18. The summed E-state index contributed by atoms with van der Waals surface area (Å²) < 4.78 is 40.0. The molecule has 0 saturated heterocycles. The second kappa shape index (κ2) is 3.79. The van der Waals surface area contributed by atoms with Gasteiger partial charge in [-0.1, -0.05) is 0 Å². The Bertz CT molecular complexity index is 354. The maximum atomic E-state index is 11.9. The standard InChI is InChI=1S/C7H6F3IN2O/c1-3-6(14-7(8,9)10)5(12)4(11)2-13-3/h2H,1H3,(H2,12,13). The maximum absolute atomic E-state index is 11.9. The first-order valence-electron chi connectivity index (χ1n) is 3.47. The first-order chi connectivity index (χ1) is 6.31. The quantitative estimate of drug-likeness (QED) is 0.809. The van der Waals surface area contributed by atoms with Crippen LogP contribution in [0.2, 0.25) is 0 Å². The van der Waals surface area contributed by atoms with Crippen LogP contribution in [-0.4, -0.2) is 11.3 Å². The van der Waals surface area contributed by atoms with Gasteiger partial charge in [0.25, 0.3) is 0 Å². The van der Waals surface area contributed by atoms with Crippen LogP contribution in [0.25, 0.3) is 0 Å². The zero-order valence-electron chi connectivity index (χ0n) is 7.02. The van der Waals surface area contributed by atoms with E-state index in [1.165, 1.54) is 13.1 Å². The highest BCUT2D eigenvalue weighted by Crippen LogP contribution is 2.33. The largest absolute Gasteiger partial charge is 0.573 e. The molecule has 0 aromatic carbocycles. The number of rotatable bonds is 1. The molecule has 0 atom stereocenters. The van der Waals surface area contributed by atoms with Gasteiger partial charge in [-0.25, -0.2) is 0 Å². The number of nitrogens with two attached hydrogens (primary N) is 1. The van der Waals surface area contributed by atoms with Crippen LogP contribution in [0.1, 0.15) is 5.69 Å². The smallest absolute Gasteiger partial charge is 0.402 e. The van der Waals surface area contributed by atoms with E-state index in [0.29, 0.717) is 3.57 Å².